The predicted molar refractivity (Wildman–Crippen MR) is 75.9 cm³/mol. The molecule has 1 fully saturated rings. The molecule has 1 heterocycles. The largest absolute Gasteiger partial charge is 0.352 e. The molecule has 1 aromatic carbocycles. The molecule has 102 valence electrons. The lowest BCUT2D eigenvalue weighted by molar-refractivity contribution is 0.0946. The molecule has 3 atom stereocenters. The number of fused-ring (bicyclic) bond motifs is 1. The van der Waals surface area contributed by atoms with E-state index in [1.54, 1.807) is 0 Å². The highest BCUT2D eigenvalue weighted by molar-refractivity contribution is 5.96. The molecule has 1 aromatic rings. The van der Waals surface area contributed by atoms with Gasteiger partial charge in [-0.25, -0.2) is 0 Å². The smallest absolute Gasteiger partial charge is 0.251 e. The molecule has 19 heavy (non-hydrogen) atoms. The summed E-state index contributed by atoms with van der Waals surface area (Å²) in [7, 11) is 0. The van der Waals surface area contributed by atoms with Crippen LogP contribution < -0.4 is 11.1 Å². The van der Waals surface area contributed by atoms with Crippen molar-refractivity contribution in [3.8, 4) is 0 Å². The molecular weight excluding hydrogens is 236 g/mol. The van der Waals surface area contributed by atoms with Crippen molar-refractivity contribution in [1.29, 1.82) is 0 Å². The number of rotatable bonds is 2. The van der Waals surface area contributed by atoms with Gasteiger partial charge < -0.3 is 11.1 Å². The fraction of sp³-hybridized carbons (Fsp3) is 0.562. The van der Waals surface area contributed by atoms with Crippen molar-refractivity contribution in [2.75, 3.05) is 6.54 Å². The van der Waals surface area contributed by atoms with Gasteiger partial charge in [0.05, 0.1) is 0 Å². The maximum absolute atomic E-state index is 11.9. The SMILES string of the molecule is CC1CCCC1C(N)c1ccc2c(c1)C(=O)NCC2. The van der Waals surface area contributed by atoms with Crippen LogP contribution in [0.4, 0.5) is 0 Å². The van der Waals surface area contributed by atoms with E-state index in [9.17, 15) is 4.79 Å². The molecule has 3 rings (SSSR count). The van der Waals surface area contributed by atoms with Crippen LogP contribution in [0.2, 0.25) is 0 Å². The summed E-state index contributed by atoms with van der Waals surface area (Å²) in [5.41, 5.74) is 9.53. The second-order valence-electron chi connectivity index (χ2n) is 6.02. The maximum Gasteiger partial charge on any atom is 0.251 e. The monoisotopic (exact) mass is 258 g/mol. The van der Waals surface area contributed by atoms with E-state index in [0.717, 1.165) is 29.7 Å². The van der Waals surface area contributed by atoms with E-state index in [2.05, 4.69) is 24.4 Å². The van der Waals surface area contributed by atoms with E-state index in [4.69, 9.17) is 5.73 Å². The third-order valence-corrected chi connectivity index (χ3v) is 4.83. The first-order valence-electron chi connectivity index (χ1n) is 7.33. The minimum Gasteiger partial charge on any atom is -0.352 e. The Morgan fingerprint density at radius 3 is 2.95 bits per heavy atom. The number of benzene rings is 1. The predicted octanol–water partition coefficient (Wildman–Crippen LogP) is 2.41. The molecule has 0 aromatic heterocycles. The van der Waals surface area contributed by atoms with Gasteiger partial charge >= 0.3 is 0 Å². The molecular formula is C16H22N2O. The highest BCUT2D eigenvalue weighted by atomic mass is 16.1. The molecule has 1 aliphatic heterocycles. The highest BCUT2D eigenvalue weighted by Crippen LogP contribution is 2.39. The summed E-state index contributed by atoms with van der Waals surface area (Å²) in [4.78, 5) is 11.9. The summed E-state index contributed by atoms with van der Waals surface area (Å²) >= 11 is 0. The zero-order chi connectivity index (χ0) is 13.4. The molecule has 1 saturated carbocycles. The topological polar surface area (TPSA) is 55.1 Å². The van der Waals surface area contributed by atoms with E-state index in [1.807, 2.05) is 6.07 Å². The molecule has 1 amide bonds. The third-order valence-electron chi connectivity index (χ3n) is 4.83. The summed E-state index contributed by atoms with van der Waals surface area (Å²) in [5, 5.41) is 2.90. The fourth-order valence-electron chi connectivity index (χ4n) is 3.59. The molecule has 3 N–H and O–H groups in total. The van der Waals surface area contributed by atoms with Gasteiger partial charge in [0, 0.05) is 18.2 Å². The van der Waals surface area contributed by atoms with Crippen LogP contribution in [0.15, 0.2) is 18.2 Å². The van der Waals surface area contributed by atoms with Crippen LogP contribution in [-0.2, 0) is 6.42 Å². The normalized spacial score (nSPS) is 27.8. The summed E-state index contributed by atoms with van der Waals surface area (Å²) in [6, 6.07) is 6.28. The van der Waals surface area contributed by atoms with Crippen molar-refractivity contribution in [3.63, 3.8) is 0 Å². The van der Waals surface area contributed by atoms with Gasteiger partial charge in [-0.15, -0.1) is 0 Å². The molecule has 3 heteroatoms. The number of carbonyl (C=O) groups excluding carboxylic acids is 1. The molecule has 2 aliphatic rings. The Balaban J connectivity index is 1.89. The van der Waals surface area contributed by atoms with E-state index >= 15 is 0 Å². The lowest BCUT2D eigenvalue weighted by Crippen LogP contribution is -2.32. The zero-order valence-corrected chi connectivity index (χ0v) is 11.5. The molecule has 3 unspecified atom stereocenters. The second kappa shape index (κ2) is 4.97. The Hall–Kier alpha value is -1.35. The Morgan fingerprint density at radius 2 is 2.21 bits per heavy atom. The van der Waals surface area contributed by atoms with Crippen LogP contribution in [0.3, 0.4) is 0 Å². The summed E-state index contributed by atoms with van der Waals surface area (Å²) in [5.74, 6) is 1.30. The Bertz CT molecular complexity index is 498. The number of carbonyl (C=O) groups is 1. The van der Waals surface area contributed by atoms with Crippen molar-refractivity contribution in [2.45, 2.75) is 38.6 Å². The van der Waals surface area contributed by atoms with Gasteiger partial charge in [-0.05, 0) is 41.9 Å². The number of hydrogen-bond donors (Lipinski definition) is 2. The van der Waals surface area contributed by atoms with Crippen molar-refractivity contribution in [3.05, 3.63) is 34.9 Å². The van der Waals surface area contributed by atoms with E-state index in [-0.39, 0.29) is 11.9 Å². The van der Waals surface area contributed by atoms with E-state index < -0.39 is 0 Å². The second-order valence-corrected chi connectivity index (χ2v) is 6.02. The summed E-state index contributed by atoms with van der Waals surface area (Å²) in [6.45, 7) is 3.04. The van der Waals surface area contributed by atoms with Crippen LogP contribution in [0, 0.1) is 11.8 Å². The molecule has 0 spiro atoms. The lowest BCUT2D eigenvalue weighted by Gasteiger charge is -2.25. The van der Waals surface area contributed by atoms with Gasteiger partial charge in [-0.1, -0.05) is 31.9 Å². The standard InChI is InChI=1S/C16H22N2O/c1-10-3-2-4-13(10)15(17)12-6-5-11-7-8-18-16(19)14(11)9-12/h5-6,9-10,13,15H,2-4,7-8,17H2,1H3,(H,18,19). The Labute approximate surface area is 114 Å². The van der Waals surface area contributed by atoms with Gasteiger partial charge in [-0.2, -0.15) is 0 Å². The average Bonchev–Trinajstić information content (AvgIpc) is 2.84. The minimum atomic E-state index is 0.0507. The molecule has 0 bridgehead atoms. The fourth-order valence-corrected chi connectivity index (χ4v) is 3.59. The van der Waals surface area contributed by atoms with Gasteiger partial charge in [-0.3, -0.25) is 4.79 Å². The molecule has 1 aliphatic carbocycles. The number of hydrogen-bond acceptors (Lipinski definition) is 2. The molecule has 0 saturated heterocycles. The van der Waals surface area contributed by atoms with Crippen molar-refractivity contribution in [1.82, 2.24) is 5.32 Å². The highest BCUT2D eigenvalue weighted by Gasteiger charge is 2.30. The minimum absolute atomic E-state index is 0.0507. The molecule has 3 nitrogen and oxygen atoms in total. The first-order valence-corrected chi connectivity index (χ1v) is 7.33. The summed E-state index contributed by atoms with van der Waals surface area (Å²) in [6.07, 6.45) is 4.71. The van der Waals surface area contributed by atoms with Crippen molar-refractivity contribution >= 4 is 5.91 Å². The lowest BCUT2D eigenvalue weighted by atomic mass is 9.85. The maximum atomic E-state index is 11.9. The number of nitrogens with one attached hydrogen (secondary N) is 1. The van der Waals surface area contributed by atoms with Gasteiger partial charge in [0.2, 0.25) is 0 Å². The quantitative estimate of drug-likeness (QED) is 0.856. The first kappa shape index (κ1) is 12.7. The van der Waals surface area contributed by atoms with Gasteiger partial charge in [0.25, 0.3) is 5.91 Å². The number of amides is 1. The first-order chi connectivity index (χ1) is 9.16. The Kier molecular flexibility index (Phi) is 3.31. The van der Waals surface area contributed by atoms with Gasteiger partial charge in [0.15, 0.2) is 0 Å². The van der Waals surface area contributed by atoms with Crippen molar-refractivity contribution in [2.24, 2.45) is 17.6 Å². The van der Waals surface area contributed by atoms with Crippen LogP contribution >= 0.6 is 0 Å². The van der Waals surface area contributed by atoms with Crippen LogP contribution in [0.25, 0.3) is 0 Å². The van der Waals surface area contributed by atoms with E-state index in [0.29, 0.717) is 11.8 Å². The Morgan fingerprint density at radius 1 is 1.37 bits per heavy atom. The number of nitrogens with two attached hydrogens (primary N) is 1. The summed E-state index contributed by atoms with van der Waals surface area (Å²) < 4.78 is 0. The van der Waals surface area contributed by atoms with Crippen LogP contribution in [0.1, 0.15) is 53.7 Å². The third kappa shape index (κ3) is 2.27. The zero-order valence-electron chi connectivity index (χ0n) is 11.5. The average molecular weight is 258 g/mol. The van der Waals surface area contributed by atoms with Crippen LogP contribution in [-0.4, -0.2) is 12.5 Å². The van der Waals surface area contributed by atoms with Gasteiger partial charge in [0.1, 0.15) is 0 Å². The van der Waals surface area contributed by atoms with Crippen LogP contribution in [0.5, 0.6) is 0 Å². The molecule has 0 radical (unpaired) electrons. The van der Waals surface area contributed by atoms with Crippen molar-refractivity contribution < 1.29 is 4.79 Å². The van der Waals surface area contributed by atoms with E-state index in [1.165, 1.54) is 19.3 Å².